The lowest BCUT2D eigenvalue weighted by Crippen LogP contribution is -2.06. The van der Waals surface area contributed by atoms with Gasteiger partial charge < -0.3 is 10.4 Å². The maximum atomic E-state index is 9.74. The van der Waals surface area contributed by atoms with Gasteiger partial charge >= 0.3 is 0 Å². The van der Waals surface area contributed by atoms with Gasteiger partial charge in [0.15, 0.2) is 0 Å². The Labute approximate surface area is 121 Å². The van der Waals surface area contributed by atoms with E-state index in [1.165, 1.54) is 11.1 Å². The van der Waals surface area contributed by atoms with E-state index in [1.54, 1.807) is 6.07 Å². The Hall–Kier alpha value is -1.96. The largest absolute Gasteiger partial charge is 0.508 e. The molecule has 0 aliphatic rings. The van der Waals surface area contributed by atoms with Gasteiger partial charge in [0.1, 0.15) is 5.75 Å². The zero-order chi connectivity index (χ0) is 14.7. The van der Waals surface area contributed by atoms with Crippen molar-refractivity contribution >= 4 is 5.69 Å². The molecule has 0 heterocycles. The van der Waals surface area contributed by atoms with Crippen molar-refractivity contribution in [2.45, 2.75) is 39.7 Å². The molecule has 2 N–H and O–H groups in total. The molecule has 0 amide bonds. The average Bonchev–Trinajstić information content (AvgIpc) is 2.43. The van der Waals surface area contributed by atoms with Crippen molar-refractivity contribution in [3.05, 3.63) is 59.2 Å². The topological polar surface area (TPSA) is 32.3 Å². The molecule has 2 rings (SSSR count). The fraction of sp³-hybridized carbons (Fsp3) is 0.333. The number of rotatable bonds is 4. The molecule has 0 bridgehead atoms. The highest BCUT2D eigenvalue weighted by atomic mass is 16.3. The van der Waals surface area contributed by atoms with Crippen LogP contribution in [0.2, 0.25) is 0 Å². The number of phenolic OH excluding ortho intramolecular Hbond substituents is 1. The second-order valence-electron chi connectivity index (χ2n) is 5.69. The molecule has 1 unspecified atom stereocenters. The summed E-state index contributed by atoms with van der Waals surface area (Å²) in [6, 6.07) is 14.6. The normalized spacial score (nSPS) is 12.4. The van der Waals surface area contributed by atoms with E-state index < -0.39 is 0 Å². The number of phenols is 1. The van der Waals surface area contributed by atoms with Crippen molar-refractivity contribution in [3.63, 3.8) is 0 Å². The van der Waals surface area contributed by atoms with Crippen LogP contribution in [0.3, 0.4) is 0 Å². The fourth-order valence-corrected chi connectivity index (χ4v) is 2.20. The van der Waals surface area contributed by atoms with Gasteiger partial charge in [-0.25, -0.2) is 0 Å². The molecule has 0 aliphatic heterocycles. The summed E-state index contributed by atoms with van der Waals surface area (Å²) in [6.45, 7) is 8.42. The van der Waals surface area contributed by atoms with Crippen LogP contribution in [0, 0.1) is 6.92 Å². The predicted octanol–water partition coefficient (Wildman–Crippen LogP) is 5.00. The van der Waals surface area contributed by atoms with Crippen LogP contribution < -0.4 is 5.32 Å². The summed E-state index contributed by atoms with van der Waals surface area (Å²) in [4.78, 5) is 0. The zero-order valence-corrected chi connectivity index (χ0v) is 12.6. The highest BCUT2D eigenvalue weighted by Gasteiger charge is 2.07. The lowest BCUT2D eigenvalue weighted by molar-refractivity contribution is 0.471. The molecule has 0 saturated carbocycles. The Kier molecular flexibility index (Phi) is 4.33. The summed E-state index contributed by atoms with van der Waals surface area (Å²) in [5.41, 5.74) is 4.43. The summed E-state index contributed by atoms with van der Waals surface area (Å²) in [5.74, 6) is 0.888. The van der Waals surface area contributed by atoms with Gasteiger partial charge in [0.05, 0.1) is 0 Å². The highest BCUT2D eigenvalue weighted by molar-refractivity contribution is 5.52. The molecule has 0 aliphatic carbocycles. The molecular weight excluding hydrogens is 246 g/mol. The molecule has 0 fully saturated rings. The minimum absolute atomic E-state index is 0.207. The minimum Gasteiger partial charge on any atom is -0.508 e. The van der Waals surface area contributed by atoms with Crippen LogP contribution in [0.4, 0.5) is 5.69 Å². The van der Waals surface area contributed by atoms with Gasteiger partial charge in [-0.15, -0.1) is 0 Å². The summed E-state index contributed by atoms with van der Waals surface area (Å²) in [6.07, 6.45) is 0. The number of hydrogen-bond donors (Lipinski definition) is 2. The zero-order valence-electron chi connectivity index (χ0n) is 12.6. The van der Waals surface area contributed by atoms with Gasteiger partial charge in [0.2, 0.25) is 0 Å². The van der Waals surface area contributed by atoms with Crippen LogP contribution in [-0.2, 0) is 0 Å². The third-order valence-electron chi connectivity index (χ3n) is 3.70. The number of nitrogens with one attached hydrogen (secondary N) is 1. The van der Waals surface area contributed by atoms with Crippen LogP contribution in [0.1, 0.15) is 49.4 Å². The van der Waals surface area contributed by atoms with E-state index in [1.807, 2.05) is 19.1 Å². The maximum Gasteiger partial charge on any atom is 0.120 e. The molecule has 2 aromatic rings. The van der Waals surface area contributed by atoms with Gasteiger partial charge in [-0.3, -0.25) is 0 Å². The standard InChI is InChI=1S/C18H23NO/c1-12(2)15-6-8-16(9-7-15)14(4)19-17-10-5-13(3)18(20)11-17/h5-12,14,19-20H,1-4H3. The van der Waals surface area contributed by atoms with Crippen LogP contribution in [0.15, 0.2) is 42.5 Å². The molecule has 2 aromatic carbocycles. The second-order valence-corrected chi connectivity index (χ2v) is 5.69. The summed E-state index contributed by atoms with van der Waals surface area (Å²) >= 11 is 0. The van der Waals surface area contributed by atoms with Gasteiger partial charge in [0, 0.05) is 17.8 Å². The van der Waals surface area contributed by atoms with Gasteiger partial charge in [-0.1, -0.05) is 44.2 Å². The van der Waals surface area contributed by atoms with E-state index in [9.17, 15) is 5.11 Å². The Balaban J connectivity index is 2.10. The average molecular weight is 269 g/mol. The molecule has 0 radical (unpaired) electrons. The van der Waals surface area contributed by atoms with Gasteiger partial charge in [0.25, 0.3) is 0 Å². The van der Waals surface area contributed by atoms with Crippen molar-refractivity contribution in [2.75, 3.05) is 5.32 Å². The number of hydrogen-bond acceptors (Lipinski definition) is 2. The molecule has 0 saturated heterocycles. The van der Waals surface area contributed by atoms with Crippen molar-refractivity contribution in [1.82, 2.24) is 0 Å². The van der Waals surface area contributed by atoms with Crippen LogP contribution >= 0.6 is 0 Å². The smallest absolute Gasteiger partial charge is 0.120 e. The number of aryl methyl sites for hydroxylation is 1. The third kappa shape index (κ3) is 3.32. The molecule has 20 heavy (non-hydrogen) atoms. The Bertz CT molecular complexity index is 572. The van der Waals surface area contributed by atoms with E-state index in [0.29, 0.717) is 11.7 Å². The highest BCUT2D eigenvalue weighted by Crippen LogP contribution is 2.25. The molecule has 106 valence electrons. The number of benzene rings is 2. The van der Waals surface area contributed by atoms with E-state index in [2.05, 4.69) is 50.4 Å². The molecular formula is C18H23NO. The van der Waals surface area contributed by atoms with E-state index in [-0.39, 0.29) is 6.04 Å². The quantitative estimate of drug-likeness (QED) is 0.819. The fourth-order valence-electron chi connectivity index (χ4n) is 2.20. The van der Waals surface area contributed by atoms with E-state index >= 15 is 0 Å². The predicted molar refractivity (Wildman–Crippen MR) is 85.4 cm³/mol. The van der Waals surface area contributed by atoms with Gasteiger partial charge in [-0.2, -0.15) is 0 Å². The summed E-state index contributed by atoms with van der Waals surface area (Å²) < 4.78 is 0. The molecule has 0 spiro atoms. The van der Waals surface area contributed by atoms with Crippen LogP contribution in [0.25, 0.3) is 0 Å². The van der Waals surface area contributed by atoms with E-state index in [0.717, 1.165) is 11.3 Å². The number of aromatic hydroxyl groups is 1. The lowest BCUT2D eigenvalue weighted by atomic mass is 9.99. The molecule has 2 heteroatoms. The Morgan fingerprint density at radius 3 is 2.05 bits per heavy atom. The maximum absolute atomic E-state index is 9.74. The van der Waals surface area contributed by atoms with Crippen molar-refractivity contribution in [1.29, 1.82) is 0 Å². The first-order valence-electron chi connectivity index (χ1n) is 7.13. The monoisotopic (exact) mass is 269 g/mol. The SMILES string of the molecule is Cc1ccc(NC(C)c2ccc(C(C)C)cc2)cc1O. The first-order valence-corrected chi connectivity index (χ1v) is 7.13. The Morgan fingerprint density at radius 2 is 1.50 bits per heavy atom. The third-order valence-corrected chi connectivity index (χ3v) is 3.70. The lowest BCUT2D eigenvalue weighted by Gasteiger charge is -2.17. The van der Waals surface area contributed by atoms with Crippen molar-refractivity contribution in [3.8, 4) is 5.75 Å². The van der Waals surface area contributed by atoms with Gasteiger partial charge in [-0.05, 0) is 42.5 Å². The number of anilines is 1. The summed E-state index contributed by atoms with van der Waals surface area (Å²) in [5, 5.41) is 13.2. The Morgan fingerprint density at radius 1 is 0.900 bits per heavy atom. The van der Waals surface area contributed by atoms with Crippen LogP contribution in [-0.4, -0.2) is 5.11 Å². The van der Waals surface area contributed by atoms with Crippen molar-refractivity contribution < 1.29 is 5.11 Å². The minimum atomic E-state index is 0.207. The molecule has 0 aromatic heterocycles. The molecule has 1 atom stereocenters. The first kappa shape index (κ1) is 14.4. The first-order chi connectivity index (χ1) is 9.47. The molecule has 2 nitrogen and oxygen atoms in total. The van der Waals surface area contributed by atoms with E-state index in [4.69, 9.17) is 0 Å². The second kappa shape index (κ2) is 6.00. The van der Waals surface area contributed by atoms with Crippen LogP contribution in [0.5, 0.6) is 5.75 Å². The van der Waals surface area contributed by atoms with Crippen molar-refractivity contribution in [2.24, 2.45) is 0 Å². The summed E-state index contributed by atoms with van der Waals surface area (Å²) in [7, 11) is 0.